The van der Waals surface area contributed by atoms with Crippen molar-refractivity contribution in [3.05, 3.63) is 40.0 Å². The summed E-state index contributed by atoms with van der Waals surface area (Å²) in [4.78, 5) is 3.06. The van der Waals surface area contributed by atoms with Crippen LogP contribution in [0.4, 0.5) is 0 Å². The summed E-state index contributed by atoms with van der Waals surface area (Å²) in [6.07, 6.45) is 0. The fraction of sp³-hybridized carbons (Fsp3) is 0. The molecule has 0 atom stereocenters. The van der Waals surface area contributed by atoms with Gasteiger partial charge < -0.3 is 4.98 Å². The summed E-state index contributed by atoms with van der Waals surface area (Å²) in [7, 11) is 0. The van der Waals surface area contributed by atoms with Crippen LogP contribution in [0.3, 0.4) is 0 Å². The van der Waals surface area contributed by atoms with E-state index in [2.05, 4.69) is 4.98 Å². The van der Waals surface area contributed by atoms with Crippen molar-refractivity contribution in [1.82, 2.24) is 4.98 Å². The van der Waals surface area contributed by atoms with Crippen LogP contribution >= 0.6 is 23.8 Å². The first-order valence-electron chi connectivity index (χ1n) is 3.55. The van der Waals surface area contributed by atoms with Crippen LogP contribution in [0.25, 0.3) is 10.9 Å². The molecule has 0 aliphatic heterocycles. The minimum atomic E-state index is 0.727. The first-order chi connectivity index (χ1) is 5.77. The van der Waals surface area contributed by atoms with E-state index in [1.54, 1.807) is 0 Å². The van der Waals surface area contributed by atoms with E-state index in [0.29, 0.717) is 0 Å². The van der Waals surface area contributed by atoms with Gasteiger partial charge in [0.05, 0.1) is 0 Å². The molecule has 1 aromatic heterocycles. The predicted octanol–water partition coefficient (Wildman–Crippen LogP) is 3.55. The molecule has 0 bridgehead atoms. The van der Waals surface area contributed by atoms with Gasteiger partial charge in [0.15, 0.2) is 0 Å². The third kappa shape index (κ3) is 1.24. The summed E-state index contributed by atoms with van der Waals surface area (Å²) in [5.74, 6) is 0. The normalized spacial score (nSPS) is 10.4. The molecule has 0 amide bonds. The van der Waals surface area contributed by atoms with Crippen LogP contribution in [0.1, 0.15) is 0 Å². The monoisotopic (exact) mass is 195 g/mol. The molecule has 0 spiro atoms. The average Bonchev–Trinajstić information content (AvgIpc) is 2.04. The van der Waals surface area contributed by atoms with Gasteiger partial charge in [0, 0.05) is 15.9 Å². The molecule has 0 fully saturated rings. The predicted molar refractivity (Wildman–Crippen MR) is 54.1 cm³/mol. The van der Waals surface area contributed by atoms with Gasteiger partial charge in [-0.05, 0) is 24.3 Å². The lowest BCUT2D eigenvalue weighted by atomic mass is 10.2. The number of halogens is 1. The van der Waals surface area contributed by atoms with Gasteiger partial charge in [-0.2, -0.15) is 0 Å². The van der Waals surface area contributed by atoms with Gasteiger partial charge in [-0.25, -0.2) is 0 Å². The number of hydrogen-bond donors (Lipinski definition) is 1. The van der Waals surface area contributed by atoms with Crippen molar-refractivity contribution in [2.75, 3.05) is 0 Å². The van der Waals surface area contributed by atoms with E-state index in [-0.39, 0.29) is 0 Å². The topological polar surface area (TPSA) is 15.8 Å². The Morgan fingerprint density at radius 2 is 2.00 bits per heavy atom. The van der Waals surface area contributed by atoms with Gasteiger partial charge in [0.25, 0.3) is 0 Å². The Labute approximate surface area is 80.0 Å². The van der Waals surface area contributed by atoms with Crippen molar-refractivity contribution in [3.8, 4) is 0 Å². The number of hydrogen-bond acceptors (Lipinski definition) is 1. The van der Waals surface area contributed by atoms with Crippen LogP contribution in [0.5, 0.6) is 0 Å². The SMILES string of the molecule is S=c1ccc2c(Cl)cccc2[nH]1. The Bertz CT molecular complexity index is 475. The zero-order chi connectivity index (χ0) is 8.55. The van der Waals surface area contributed by atoms with E-state index in [0.717, 1.165) is 20.6 Å². The molecule has 0 aliphatic rings. The lowest BCUT2D eigenvalue weighted by Gasteiger charge is -1.98. The van der Waals surface area contributed by atoms with Gasteiger partial charge in [0.1, 0.15) is 4.64 Å². The lowest BCUT2D eigenvalue weighted by Crippen LogP contribution is -1.78. The molecule has 3 heteroatoms. The zero-order valence-electron chi connectivity index (χ0n) is 6.17. The highest BCUT2D eigenvalue weighted by Crippen LogP contribution is 2.20. The highest BCUT2D eigenvalue weighted by Gasteiger charge is 1.95. The highest BCUT2D eigenvalue weighted by molar-refractivity contribution is 7.71. The molecular formula is C9H6ClNS. The largest absolute Gasteiger partial charge is 0.346 e. The number of benzene rings is 1. The Balaban J connectivity index is 2.96. The van der Waals surface area contributed by atoms with Crippen molar-refractivity contribution >= 4 is 34.7 Å². The summed E-state index contributed by atoms with van der Waals surface area (Å²) in [6.45, 7) is 0. The number of pyridine rings is 1. The summed E-state index contributed by atoms with van der Waals surface area (Å²) in [6, 6.07) is 9.48. The molecule has 1 nitrogen and oxygen atoms in total. The maximum atomic E-state index is 5.96. The molecule has 0 unspecified atom stereocenters. The molecule has 2 aromatic rings. The number of H-pyrrole nitrogens is 1. The first kappa shape index (κ1) is 7.77. The molecule has 1 heterocycles. The molecule has 0 saturated heterocycles. The zero-order valence-corrected chi connectivity index (χ0v) is 7.75. The fourth-order valence-electron chi connectivity index (χ4n) is 1.15. The van der Waals surface area contributed by atoms with Crippen LogP contribution in [-0.4, -0.2) is 4.98 Å². The van der Waals surface area contributed by atoms with Crippen molar-refractivity contribution in [3.63, 3.8) is 0 Å². The molecule has 1 N–H and O–H groups in total. The highest BCUT2D eigenvalue weighted by atomic mass is 35.5. The molecule has 2 rings (SSSR count). The quantitative estimate of drug-likeness (QED) is 0.636. The lowest BCUT2D eigenvalue weighted by molar-refractivity contribution is 1.38. The summed E-state index contributed by atoms with van der Waals surface area (Å²) < 4.78 is 0.727. The Morgan fingerprint density at radius 3 is 2.83 bits per heavy atom. The van der Waals surface area contributed by atoms with Crippen molar-refractivity contribution in [1.29, 1.82) is 0 Å². The number of rotatable bonds is 0. The second-order valence-corrected chi connectivity index (χ2v) is 3.37. The number of fused-ring (bicyclic) bond motifs is 1. The first-order valence-corrected chi connectivity index (χ1v) is 4.33. The molecule has 0 aliphatic carbocycles. The van der Waals surface area contributed by atoms with E-state index in [1.165, 1.54) is 0 Å². The summed E-state index contributed by atoms with van der Waals surface area (Å²) in [5.41, 5.74) is 0.981. The van der Waals surface area contributed by atoms with Crippen molar-refractivity contribution in [2.45, 2.75) is 0 Å². The van der Waals surface area contributed by atoms with E-state index >= 15 is 0 Å². The van der Waals surface area contributed by atoms with Crippen LogP contribution in [0, 0.1) is 4.64 Å². The van der Waals surface area contributed by atoms with Crippen molar-refractivity contribution < 1.29 is 0 Å². The summed E-state index contributed by atoms with van der Waals surface area (Å²) in [5, 5.41) is 1.76. The Kier molecular flexibility index (Phi) is 1.87. The molecule has 0 radical (unpaired) electrons. The van der Waals surface area contributed by atoms with Gasteiger partial charge in [0.2, 0.25) is 0 Å². The van der Waals surface area contributed by atoms with Crippen LogP contribution in [-0.2, 0) is 0 Å². The van der Waals surface area contributed by atoms with E-state index in [1.807, 2.05) is 30.3 Å². The average molecular weight is 196 g/mol. The maximum Gasteiger partial charge on any atom is 0.103 e. The van der Waals surface area contributed by atoms with E-state index in [4.69, 9.17) is 23.8 Å². The smallest absolute Gasteiger partial charge is 0.103 e. The Morgan fingerprint density at radius 1 is 1.17 bits per heavy atom. The molecule has 12 heavy (non-hydrogen) atoms. The molecule has 60 valence electrons. The van der Waals surface area contributed by atoms with Crippen LogP contribution in [0.15, 0.2) is 30.3 Å². The second-order valence-electron chi connectivity index (χ2n) is 2.52. The number of aromatic amines is 1. The standard InChI is InChI=1S/C9H6ClNS/c10-7-2-1-3-8-6(7)4-5-9(12)11-8/h1-5H,(H,11,12). The number of aromatic nitrogens is 1. The second kappa shape index (κ2) is 2.88. The third-order valence-corrected chi connectivity index (χ3v) is 2.28. The Hall–Kier alpha value is -0.860. The molecule has 0 saturated carbocycles. The molecular weight excluding hydrogens is 190 g/mol. The number of nitrogens with one attached hydrogen (secondary N) is 1. The van der Waals surface area contributed by atoms with Crippen molar-refractivity contribution in [2.24, 2.45) is 0 Å². The third-order valence-electron chi connectivity index (χ3n) is 1.71. The minimum absolute atomic E-state index is 0.727. The van der Waals surface area contributed by atoms with Gasteiger partial charge >= 0.3 is 0 Å². The van der Waals surface area contributed by atoms with Crippen LogP contribution in [0.2, 0.25) is 5.02 Å². The van der Waals surface area contributed by atoms with Crippen LogP contribution < -0.4 is 0 Å². The van der Waals surface area contributed by atoms with Gasteiger partial charge in [-0.3, -0.25) is 0 Å². The van der Waals surface area contributed by atoms with E-state index in [9.17, 15) is 0 Å². The van der Waals surface area contributed by atoms with Gasteiger partial charge in [-0.1, -0.05) is 29.9 Å². The van der Waals surface area contributed by atoms with E-state index < -0.39 is 0 Å². The van der Waals surface area contributed by atoms with Gasteiger partial charge in [-0.15, -0.1) is 0 Å². The minimum Gasteiger partial charge on any atom is -0.346 e. The molecule has 1 aromatic carbocycles. The fourth-order valence-corrected chi connectivity index (χ4v) is 1.56. The summed E-state index contributed by atoms with van der Waals surface area (Å²) >= 11 is 10.9. The maximum absolute atomic E-state index is 5.96.